The van der Waals surface area contributed by atoms with E-state index in [2.05, 4.69) is 72.8 Å². The molecule has 4 heteroatoms. The van der Waals surface area contributed by atoms with Crippen LogP contribution in [0.5, 0.6) is 0 Å². The number of thioether (sulfide) groups is 1. The van der Waals surface area contributed by atoms with Gasteiger partial charge in [-0.25, -0.2) is 8.42 Å². The zero-order valence-corrected chi connectivity index (χ0v) is 16.6. The number of hydrogen-bond donors (Lipinski definition) is 0. The van der Waals surface area contributed by atoms with Crippen LogP contribution in [-0.2, 0) is 14.6 Å². The first-order chi connectivity index (χ1) is 13.1. The van der Waals surface area contributed by atoms with Crippen LogP contribution in [0.2, 0.25) is 0 Å². The summed E-state index contributed by atoms with van der Waals surface area (Å²) in [4.78, 5) is 0. The largest absolute Gasteiger partial charge is 0.229 e. The molecule has 0 aliphatic carbocycles. The van der Waals surface area contributed by atoms with Crippen molar-refractivity contribution >= 4 is 21.6 Å². The Kier molecular flexibility index (Phi) is 5.11. The lowest BCUT2D eigenvalue weighted by atomic mass is 9.84. The van der Waals surface area contributed by atoms with Gasteiger partial charge in [0.25, 0.3) is 0 Å². The van der Waals surface area contributed by atoms with E-state index >= 15 is 0 Å². The first kappa shape index (κ1) is 18.3. The molecule has 1 heterocycles. The van der Waals surface area contributed by atoms with Gasteiger partial charge in [-0.1, -0.05) is 91.0 Å². The van der Waals surface area contributed by atoms with Crippen molar-refractivity contribution in [1.29, 1.82) is 0 Å². The van der Waals surface area contributed by atoms with E-state index in [0.717, 1.165) is 0 Å². The molecule has 1 aliphatic rings. The third-order valence-electron chi connectivity index (χ3n) is 5.08. The minimum atomic E-state index is -2.94. The van der Waals surface area contributed by atoms with Gasteiger partial charge >= 0.3 is 0 Å². The standard InChI is InChI=1S/C23H22O2S2/c24-27(25)17-16-22(18-27)26-23(19-10-4-1-5-11-19,20-12-6-2-7-13-20)21-14-8-3-9-15-21/h1-15,22H,16-18H2/t22-/m1/s1. The van der Waals surface area contributed by atoms with Crippen molar-refractivity contribution in [3.63, 3.8) is 0 Å². The summed E-state index contributed by atoms with van der Waals surface area (Å²) in [6, 6.07) is 31.3. The molecule has 0 aromatic heterocycles. The summed E-state index contributed by atoms with van der Waals surface area (Å²) in [5.41, 5.74) is 3.53. The highest BCUT2D eigenvalue weighted by Gasteiger charge is 2.42. The molecular weight excluding hydrogens is 372 g/mol. The van der Waals surface area contributed by atoms with Gasteiger partial charge in [0.05, 0.1) is 16.3 Å². The molecule has 4 rings (SSSR count). The molecule has 0 bridgehead atoms. The number of hydrogen-bond acceptors (Lipinski definition) is 3. The topological polar surface area (TPSA) is 34.1 Å². The molecule has 1 atom stereocenters. The van der Waals surface area contributed by atoms with Gasteiger partial charge in [-0.05, 0) is 23.1 Å². The third-order valence-corrected chi connectivity index (χ3v) is 8.85. The molecular formula is C23H22O2S2. The summed E-state index contributed by atoms with van der Waals surface area (Å²) in [5, 5.41) is 0.0793. The predicted octanol–water partition coefficient (Wildman–Crippen LogP) is 4.90. The van der Waals surface area contributed by atoms with Crippen LogP contribution in [0.1, 0.15) is 23.1 Å². The average Bonchev–Trinajstić information content (AvgIpc) is 3.06. The Morgan fingerprint density at radius 1 is 0.704 bits per heavy atom. The van der Waals surface area contributed by atoms with Crippen LogP contribution in [0.3, 0.4) is 0 Å². The van der Waals surface area contributed by atoms with Gasteiger partial charge in [0.1, 0.15) is 0 Å². The van der Waals surface area contributed by atoms with Crippen LogP contribution in [0.25, 0.3) is 0 Å². The first-order valence-electron chi connectivity index (χ1n) is 9.15. The fourth-order valence-corrected chi connectivity index (χ4v) is 7.97. The molecule has 0 amide bonds. The number of sulfone groups is 1. The molecule has 1 aliphatic heterocycles. The van der Waals surface area contributed by atoms with E-state index in [9.17, 15) is 8.42 Å². The van der Waals surface area contributed by atoms with E-state index in [1.165, 1.54) is 16.7 Å². The summed E-state index contributed by atoms with van der Waals surface area (Å²) in [7, 11) is -2.94. The number of rotatable bonds is 5. The molecule has 1 saturated heterocycles. The van der Waals surface area contributed by atoms with Crippen molar-refractivity contribution in [3.05, 3.63) is 108 Å². The second kappa shape index (κ2) is 7.53. The Hall–Kier alpha value is -2.04. The molecule has 27 heavy (non-hydrogen) atoms. The lowest BCUT2D eigenvalue weighted by Gasteiger charge is -2.37. The van der Waals surface area contributed by atoms with Crippen molar-refractivity contribution in [2.75, 3.05) is 11.5 Å². The van der Waals surface area contributed by atoms with Crippen molar-refractivity contribution in [1.82, 2.24) is 0 Å². The monoisotopic (exact) mass is 394 g/mol. The summed E-state index contributed by atoms with van der Waals surface area (Å²) in [6.07, 6.45) is 0.710. The number of benzene rings is 3. The molecule has 0 spiro atoms. The van der Waals surface area contributed by atoms with Gasteiger partial charge in [0.15, 0.2) is 9.84 Å². The second-order valence-corrected chi connectivity index (χ2v) is 10.7. The van der Waals surface area contributed by atoms with E-state index < -0.39 is 14.6 Å². The van der Waals surface area contributed by atoms with Gasteiger partial charge in [0.2, 0.25) is 0 Å². The maximum absolute atomic E-state index is 12.1. The molecule has 0 radical (unpaired) electrons. The molecule has 3 aromatic rings. The Morgan fingerprint density at radius 3 is 1.44 bits per heavy atom. The van der Waals surface area contributed by atoms with Crippen LogP contribution < -0.4 is 0 Å². The van der Waals surface area contributed by atoms with E-state index in [4.69, 9.17) is 0 Å². The Balaban J connectivity index is 1.92. The van der Waals surface area contributed by atoms with Gasteiger partial charge in [0, 0.05) is 5.25 Å². The van der Waals surface area contributed by atoms with E-state index in [-0.39, 0.29) is 11.0 Å². The van der Waals surface area contributed by atoms with Gasteiger partial charge < -0.3 is 0 Å². The van der Waals surface area contributed by atoms with Gasteiger partial charge in [-0.15, -0.1) is 11.8 Å². The molecule has 2 nitrogen and oxygen atoms in total. The third kappa shape index (κ3) is 3.69. The van der Waals surface area contributed by atoms with Crippen LogP contribution in [0.4, 0.5) is 0 Å². The van der Waals surface area contributed by atoms with Crippen molar-refractivity contribution < 1.29 is 8.42 Å². The quantitative estimate of drug-likeness (QED) is 0.577. The molecule has 0 N–H and O–H groups in total. The normalized spacial score (nSPS) is 19.0. The maximum Gasteiger partial charge on any atom is 0.151 e. The molecule has 0 saturated carbocycles. The summed E-state index contributed by atoms with van der Waals surface area (Å²) < 4.78 is 23.8. The summed E-state index contributed by atoms with van der Waals surface area (Å²) in [5.74, 6) is 0.547. The van der Waals surface area contributed by atoms with Crippen LogP contribution in [-0.4, -0.2) is 25.2 Å². The van der Waals surface area contributed by atoms with E-state index in [0.29, 0.717) is 12.2 Å². The SMILES string of the molecule is O=S1(=O)CC[C@@H](SC(c2ccccc2)(c2ccccc2)c2ccccc2)C1. The molecule has 138 valence electrons. The Labute approximate surface area is 165 Å². The predicted molar refractivity (Wildman–Crippen MR) is 114 cm³/mol. The molecule has 3 aromatic carbocycles. The molecule has 1 fully saturated rings. The van der Waals surface area contributed by atoms with Gasteiger partial charge in [-0.2, -0.15) is 0 Å². The zero-order chi connectivity index (χ0) is 18.7. The van der Waals surface area contributed by atoms with Gasteiger partial charge in [-0.3, -0.25) is 0 Å². The van der Waals surface area contributed by atoms with E-state index in [1.54, 1.807) is 11.8 Å². The Bertz CT molecular complexity index is 888. The van der Waals surface area contributed by atoms with Crippen LogP contribution in [0.15, 0.2) is 91.0 Å². The first-order valence-corrected chi connectivity index (χ1v) is 11.9. The minimum Gasteiger partial charge on any atom is -0.229 e. The highest BCUT2D eigenvalue weighted by Crippen LogP contribution is 2.51. The summed E-state index contributed by atoms with van der Waals surface area (Å²) >= 11 is 1.78. The fraction of sp³-hybridized carbons (Fsp3) is 0.217. The smallest absolute Gasteiger partial charge is 0.151 e. The average molecular weight is 395 g/mol. The maximum atomic E-state index is 12.1. The van der Waals surface area contributed by atoms with Crippen molar-refractivity contribution in [3.8, 4) is 0 Å². The van der Waals surface area contributed by atoms with Crippen LogP contribution in [0, 0.1) is 0 Å². The van der Waals surface area contributed by atoms with Crippen molar-refractivity contribution in [2.45, 2.75) is 16.4 Å². The van der Waals surface area contributed by atoms with Crippen LogP contribution >= 0.6 is 11.8 Å². The highest BCUT2D eigenvalue weighted by molar-refractivity contribution is 8.03. The Morgan fingerprint density at radius 2 is 1.11 bits per heavy atom. The summed E-state index contributed by atoms with van der Waals surface area (Å²) in [6.45, 7) is 0. The fourth-order valence-electron chi connectivity index (χ4n) is 3.83. The second-order valence-electron chi connectivity index (χ2n) is 6.92. The zero-order valence-electron chi connectivity index (χ0n) is 15.0. The minimum absolute atomic E-state index is 0.0793. The molecule has 0 unspecified atom stereocenters. The van der Waals surface area contributed by atoms with Crippen molar-refractivity contribution in [2.24, 2.45) is 0 Å². The highest BCUT2D eigenvalue weighted by atomic mass is 32.2. The lowest BCUT2D eigenvalue weighted by molar-refractivity contribution is 0.602. The van der Waals surface area contributed by atoms with E-state index in [1.807, 2.05) is 18.2 Å². The lowest BCUT2D eigenvalue weighted by Crippen LogP contribution is -2.29.